The van der Waals surface area contributed by atoms with Gasteiger partial charge >= 0.3 is 0 Å². The first-order valence-electron chi connectivity index (χ1n) is 6.21. The molecule has 0 bridgehead atoms. The Bertz CT molecular complexity index is 682. The number of alkyl halides is 1. The van der Waals surface area contributed by atoms with Crippen molar-refractivity contribution < 1.29 is 13.9 Å². The summed E-state index contributed by atoms with van der Waals surface area (Å²) in [5, 5.41) is 9.03. The number of ether oxygens (including phenoxy) is 2. The molecule has 5 heteroatoms. The highest BCUT2D eigenvalue weighted by Crippen LogP contribution is 2.22. The lowest BCUT2D eigenvalue weighted by atomic mass is 10.1. The van der Waals surface area contributed by atoms with Gasteiger partial charge in [0.05, 0.1) is 12.7 Å². The Hall–Kier alpha value is -2.25. The van der Waals surface area contributed by atoms with Gasteiger partial charge in [-0.05, 0) is 35.4 Å². The van der Waals surface area contributed by atoms with Gasteiger partial charge in [-0.25, -0.2) is 4.39 Å². The van der Waals surface area contributed by atoms with Crippen molar-refractivity contribution in [3.8, 4) is 17.6 Å². The minimum Gasteiger partial charge on any atom is -0.495 e. The maximum absolute atomic E-state index is 13.4. The molecule has 0 radical (unpaired) electrons. The van der Waals surface area contributed by atoms with Crippen molar-refractivity contribution in [2.75, 3.05) is 7.11 Å². The van der Waals surface area contributed by atoms with Gasteiger partial charge in [0.2, 0.25) is 0 Å². The number of nitriles is 1. The number of hydrogen-bond acceptors (Lipinski definition) is 3. The van der Waals surface area contributed by atoms with Crippen molar-refractivity contribution in [1.29, 1.82) is 5.26 Å². The van der Waals surface area contributed by atoms with E-state index in [1.54, 1.807) is 24.3 Å². The second kappa shape index (κ2) is 6.96. The van der Waals surface area contributed by atoms with Crippen LogP contribution in [0.2, 0.25) is 0 Å². The van der Waals surface area contributed by atoms with Crippen molar-refractivity contribution in [3.63, 3.8) is 0 Å². The van der Waals surface area contributed by atoms with Crippen LogP contribution in [0.5, 0.6) is 11.5 Å². The number of nitrogens with zero attached hydrogens (tertiary/aromatic N) is 1. The number of hydrogen-bond donors (Lipinski definition) is 0. The van der Waals surface area contributed by atoms with Gasteiger partial charge in [-0.1, -0.05) is 6.07 Å². The molecule has 0 fully saturated rings. The molecule has 0 spiro atoms. The van der Waals surface area contributed by atoms with E-state index >= 15 is 0 Å². The van der Waals surface area contributed by atoms with Gasteiger partial charge in [0.25, 0.3) is 0 Å². The molecule has 0 aliphatic heterocycles. The van der Waals surface area contributed by atoms with E-state index in [1.165, 1.54) is 19.2 Å². The van der Waals surface area contributed by atoms with Gasteiger partial charge in [0, 0.05) is 11.9 Å². The van der Waals surface area contributed by atoms with E-state index in [1.807, 2.05) is 0 Å². The van der Waals surface area contributed by atoms with Gasteiger partial charge in [0.15, 0.2) is 0 Å². The summed E-state index contributed by atoms with van der Waals surface area (Å²) < 4.78 is 24.0. The first-order chi connectivity index (χ1) is 10.2. The maximum Gasteiger partial charge on any atom is 0.136 e. The molecule has 0 aromatic heterocycles. The molecule has 0 saturated carbocycles. The molecule has 21 heavy (non-hydrogen) atoms. The second-order valence-corrected chi connectivity index (χ2v) is 4.63. The standard InChI is InChI=1S/C16H13ClFNO2/c1-20-16-3-2-11(4-13(16)9-19)10-21-15-6-12(8-17)5-14(18)7-15/h2-7H,8,10H2,1H3. The molecular weight excluding hydrogens is 293 g/mol. The van der Waals surface area contributed by atoms with Crippen molar-refractivity contribution in [3.05, 3.63) is 58.9 Å². The second-order valence-electron chi connectivity index (χ2n) is 4.36. The molecule has 3 nitrogen and oxygen atoms in total. The average Bonchev–Trinajstić information content (AvgIpc) is 2.52. The van der Waals surface area contributed by atoms with Crippen LogP contribution in [0.15, 0.2) is 36.4 Å². The fourth-order valence-corrected chi connectivity index (χ4v) is 2.03. The summed E-state index contributed by atoms with van der Waals surface area (Å²) in [6.45, 7) is 0.226. The van der Waals surface area contributed by atoms with Crippen LogP contribution >= 0.6 is 11.6 Å². The van der Waals surface area contributed by atoms with Gasteiger partial charge < -0.3 is 9.47 Å². The number of halogens is 2. The Morgan fingerprint density at radius 2 is 2.00 bits per heavy atom. The molecule has 0 heterocycles. The van der Waals surface area contributed by atoms with Crippen LogP contribution in [-0.4, -0.2) is 7.11 Å². The SMILES string of the molecule is COc1ccc(COc2cc(F)cc(CCl)c2)cc1C#N. The molecular formula is C16H13ClFNO2. The molecule has 0 aliphatic carbocycles. The Kier molecular flexibility index (Phi) is 5.02. The smallest absolute Gasteiger partial charge is 0.136 e. The first kappa shape index (κ1) is 15.1. The van der Waals surface area contributed by atoms with Crippen LogP contribution in [0.3, 0.4) is 0 Å². The van der Waals surface area contributed by atoms with Crippen molar-refractivity contribution in [1.82, 2.24) is 0 Å². The summed E-state index contributed by atoms with van der Waals surface area (Å²) in [6, 6.07) is 11.6. The zero-order valence-electron chi connectivity index (χ0n) is 11.4. The number of rotatable bonds is 5. The zero-order valence-corrected chi connectivity index (χ0v) is 12.2. The lowest BCUT2D eigenvalue weighted by Gasteiger charge is -2.09. The molecule has 2 aromatic rings. The summed E-state index contributed by atoms with van der Waals surface area (Å²) in [4.78, 5) is 0. The Morgan fingerprint density at radius 1 is 1.19 bits per heavy atom. The van der Waals surface area contributed by atoms with E-state index in [0.29, 0.717) is 22.6 Å². The molecule has 2 rings (SSSR count). The van der Waals surface area contributed by atoms with Gasteiger partial charge in [-0.15, -0.1) is 11.6 Å². The minimum atomic E-state index is -0.393. The molecule has 0 atom stereocenters. The minimum absolute atomic E-state index is 0.217. The summed E-state index contributed by atoms with van der Waals surface area (Å²) in [5.41, 5.74) is 1.88. The summed E-state index contributed by atoms with van der Waals surface area (Å²) >= 11 is 5.69. The molecule has 0 N–H and O–H groups in total. The molecule has 0 saturated heterocycles. The van der Waals surface area contributed by atoms with Crippen molar-refractivity contribution >= 4 is 11.6 Å². The van der Waals surface area contributed by atoms with Crippen LogP contribution in [0.1, 0.15) is 16.7 Å². The Balaban J connectivity index is 2.13. The summed E-state index contributed by atoms with van der Waals surface area (Å²) in [6.07, 6.45) is 0. The predicted molar refractivity (Wildman–Crippen MR) is 78.0 cm³/mol. The van der Waals surface area contributed by atoms with Crippen LogP contribution in [0, 0.1) is 17.1 Å². The van der Waals surface area contributed by atoms with E-state index in [2.05, 4.69) is 6.07 Å². The van der Waals surface area contributed by atoms with Gasteiger partial charge in [0.1, 0.15) is 30.0 Å². The van der Waals surface area contributed by atoms with Gasteiger partial charge in [-0.3, -0.25) is 0 Å². The molecule has 108 valence electrons. The van der Waals surface area contributed by atoms with Crippen molar-refractivity contribution in [2.45, 2.75) is 12.5 Å². The third-order valence-electron chi connectivity index (χ3n) is 2.88. The van der Waals surface area contributed by atoms with Crippen molar-refractivity contribution in [2.24, 2.45) is 0 Å². The highest BCUT2D eigenvalue weighted by atomic mass is 35.5. The van der Waals surface area contributed by atoms with E-state index < -0.39 is 5.82 Å². The monoisotopic (exact) mass is 305 g/mol. The highest BCUT2D eigenvalue weighted by Gasteiger charge is 2.06. The summed E-state index contributed by atoms with van der Waals surface area (Å²) in [7, 11) is 1.51. The lowest BCUT2D eigenvalue weighted by Crippen LogP contribution is -1.98. The number of methoxy groups -OCH3 is 1. The first-order valence-corrected chi connectivity index (χ1v) is 6.75. The van der Waals surface area contributed by atoms with E-state index in [0.717, 1.165) is 5.56 Å². The quantitative estimate of drug-likeness (QED) is 0.783. The predicted octanol–water partition coefficient (Wildman–Crippen LogP) is 4.02. The average molecular weight is 306 g/mol. The van der Waals surface area contributed by atoms with E-state index in [-0.39, 0.29) is 12.5 Å². The van der Waals surface area contributed by atoms with Crippen LogP contribution in [0.4, 0.5) is 4.39 Å². The highest BCUT2D eigenvalue weighted by molar-refractivity contribution is 6.17. The third-order valence-corrected chi connectivity index (χ3v) is 3.18. The van der Waals surface area contributed by atoms with Crippen LogP contribution in [-0.2, 0) is 12.5 Å². The maximum atomic E-state index is 13.4. The molecule has 0 amide bonds. The molecule has 0 aliphatic rings. The molecule has 0 unspecified atom stereocenters. The van der Waals surface area contributed by atoms with Crippen LogP contribution < -0.4 is 9.47 Å². The topological polar surface area (TPSA) is 42.2 Å². The fourth-order valence-electron chi connectivity index (χ4n) is 1.88. The van der Waals surface area contributed by atoms with Crippen LogP contribution in [0.25, 0.3) is 0 Å². The normalized spacial score (nSPS) is 10.0. The number of benzene rings is 2. The zero-order chi connectivity index (χ0) is 15.2. The Morgan fingerprint density at radius 3 is 2.67 bits per heavy atom. The fraction of sp³-hybridized carbons (Fsp3) is 0.188. The molecule has 2 aromatic carbocycles. The largest absolute Gasteiger partial charge is 0.495 e. The van der Waals surface area contributed by atoms with E-state index in [4.69, 9.17) is 26.3 Å². The lowest BCUT2D eigenvalue weighted by molar-refractivity contribution is 0.304. The third kappa shape index (κ3) is 3.87. The Labute approximate surface area is 127 Å². The van der Waals surface area contributed by atoms with Gasteiger partial charge in [-0.2, -0.15) is 5.26 Å². The summed E-state index contributed by atoms with van der Waals surface area (Å²) in [5.74, 6) is 0.738. The van der Waals surface area contributed by atoms with E-state index in [9.17, 15) is 4.39 Å².